The highest BCUT2D eigenvalue weighted by atomic mass is 19.1. The first kappa shape index (κ1) is 21.1. The van der Waals surface area contributed by atoms with Gasteiger partial charge < -0.3 is 24.4 Å². The maximum absolute atomic E-state index is 13.9. The van der Waals surface area contributed by atoms with Gasteiger partial charge >= 0.3 is 5.97 Å². The smallest absolute Gasteiger partial charge is 0.311 e. The largest absolute Gasteiger partial charge is 0.493 e. The molecule has 1 heterocycles. The second kappa shape index (κ2) is 9.25. The third-order valence-electron chi connectivity index (χ3n) is 4.61. The van der Waals surface area contributed by atoms with Crippen molar-refractivity contribution in [3.05, 3.63) is 48.3 Å². The number of hydrogen-bond acceptors (Lipinski definition) is 6. The van der Waals surface area contributed by atoms with Crippen molar-refractivity contribution in [2.75, 3.05) is 37.6 Å². The van der Waals surface area contributed by atoms with E-state index in [9.17, 15) is 18.8 Å². The number of hydrogen-bond donors (Lipinski definition) is 1. The molecule has 9 heteroatoms. The Balaban J connectivity index is 1.54. The number of methoxy groups -OCH3 is 2. The highest BCUT2D eigenvalue weighted by Gasteiger charge is 2.37. The summed E-state index contributed by atoms with van der Waals surface area (Å²) in [5.74, 6) is -2.00. The molecule has 1 aliphatic rings. The fourth-order valence-electron chi connectivity index (χ4n) is 3.13. The summed E-state index contributed by atoms with van der Waals surface area (Å²) >= 11 is 0. The molecule has 0 radical (unpaired) electrons. The molecule has 158 valence electrons. The van der Waals surface area contributed by atoms with Crippen LogP contribution in [0.25, 0.3) is 0 Å². The SMILES string of the molecule is COc1ccc(NC(=O)COC(=O)[C@H]2CC(=O)N(c3ccccc3F)C2)cc1OC. The van der Waals surface area contributed by atoms with E-state index in [1.54, 1.807) is 24.3 Å². The van der Waals surface area contributed by atoms with Gasteiger partial charge in [-0.2, -0.15) is 0 Å². The number of halogens is 1. The van der Waals surface area contributed by atoms with Crippen molar-refractivity contribution in [2.45, 2.75) is 6.42 Å². The Morgan fingerprint density at radius 1 is 1.13 bits per heavy atom. The third kappa shape index (κ3) is 4.68. The summed E-state index contributed by atoms with van der Waals surface area (Å²) in [4.78, 5) is 37.8. The number of para-hydroxylation sites is 1. The molecule has 0 spiro atoms. The van der Waals surface area contributed by atoms with Gasteiger partial charge in [0, 0.05) is 24.7 Å². The number of carbonyl (C=O) groups excluding carboxylic acids is 3. The van der Waals surface area contributed by atoms with Gasteiger partial charge in [-0.25, -0.2) is 4.39 Å². The molecule has 30 heavy (non-hydrogen) atoms. The second-order valence-electron chi connectivity index (χ2n) is 6.58. The predicted octanol–water partition coefficient (Wildman–Crippen LogP) is 2.38. The first-order valence-corrected chi connectivity index (χ1v) is 9.16. The molecule has 0 bridgehead atoms. The fourth-order valence-corrected chi connectivity index (χ4v) is 3.13. The van der Waals surface area contributed by atoms with E-state index in [0.717, 1.165) is 0 Å². The van der Waals surface area contributed by atoms with Gasteiger partial charge in [0.05, 0.1) is 25.8 Å². The highest BCUT2D eigenvalue weighted by molar-refractivity contribution is 6.00. The predicted molar refractivity (Wildman–Crippen MR) is 106 cm³/mol. The zero-order valence-electron chi connectivity index (χ0n) is 16.5. The molecule has 1 atom stereocenters. The minimum atomic E-state index is -0.772. The van der Waals surface area contributed by atoms with Crippen LogP contribution in [0.4, 0.5) is 15.8 Å². The van der Waals surface area contributed by atoms with Crippen molar-refractivity contribution in [3.63, 3.8) is 0 Å². The average Bonchev–Trinajstić information content (AvgIpc) is 3.13. The lowest BCUT2D eigenvalue weighted by Crippen LogP contribution is -2.28. The molecular weight excluding hydrogens is 395 g/mol. The first-order chi connectivity index (χ1) is 14.4. The van der Waals surface area contributed by atoms with Crippen molar-refractivity contribution in [2.24, 2.45) is 5.92 Å². The second-order valence-corrected chi connectivity index (χ2v) is 6.58. The molecule has 2 amide bonds. The third-order valence-corrected chi connectivity index (χ3v) is 4.61. The van der Waals surface area contributed by atoms with E-state index in [-0.39, 0.29) is 24.6 Å². The molecule has 0 unspecified atom stereocenters. The molecule has 1 aliphatic heterocycles. The van der Waals surface area contributed by atoms with E-state index in [1.165, 1.54) is 37.3 Å². The Bertz CT molecular complexity index is 964. The van der Waals surface area contributed by atoms with E-state index in [0.29, 0.717) is 17.2 Å². The van der Waals surface area contributed by atoms with E-state index >= 15 is 0 Å². The normalized spacial score (nSPS) is 15.6. The van der Waals surface area contributed by atoms with Crippen LogP contribution in [0.5, 0.6) is 11.5 Å². The van der Waals surface area contributed by atoms with Crippen LogP contribution in [-0.4, -0.2) is 45.2 Å². The molecule has 0 aliphatic carbocycles. The lowest BCUT2D eigenvalue weighted by molar-refractivity contribution is -0.151. The number of carbonyl (C=O) groups is 3. The summed E-state index contributed by atoms with van der Waals surface area (Å²) in [5.41, 5.74) is 0.555. The summed E-state index contributed by atoms with van der Waals surface area (Å²) < 4.78 is 29.3. The van der Waals surface area contributed by atoms with Crippen LogP contribution in [0.2, 0.25) is 0 Å². The number of nitrogens with zero attached hydrogens (tertiary/aromatic N) is 1. The molecule has 2 aromatic rings. The van der Waals surface area contributed by atoms with Crippen LogP contribution in [0.15, 0.2) is 42.5 Å². The van der Waals surface area contributed by atoms with Crippen molar-refractivity contribution < 1.29 is 33.0 Å². The summed E-state index contributed by atoms with van der Waals surface area (Å²) in [5, 5.41) is 2.59. The van der Waals surface area contributed by atoms with Crippen molar-refractivity contribution >= 4 is 29.2 Å². The van der Waals surface area contributed by atoms with Crippen LogP contribution < -0.4 is 19.7 Å². The molecule has 0 saturated carbocycles. The van der Waals surface area contributed by atoms with Crippen molar-refractivity contribution in [1.82, 2.24) is 0 Å². The number of anilines is 2. The summed E-state index contributed by atoms with van der Waals surface area (Å²) in [7, 11) is 2.97. The van der Waals surface area contributed by atoms with E-state index in [1.807, 2.05) is 0 Å². The monoisotopic (exact) mass is 416 g/mol. The number of amides is 2. The van der Waals surface area contributed by atoms with Gasteiger partial charge in [-0.05, 0) is 24.3 Å². The Labute approximate surface area is 172 Å². The van der Waals surface area contributed by atoms with Crippen LogP contribution in [0.1, 0.15) is 6.42 Å². The number of nitrogens with one attached hydrogen (secondary N) is 1. The van der Waals surface area contributed by atoms with Crippen LogP contribution in [-0.2, 0) is 19.1 Å². The highest BCUT2D eigenvalue weighted by Crippen LogP contribution is 2.30. The topological polar surface area (TPSA) is 94.2 Å². The zero-order chi connectivity index (χ0) is 21.7. The lowest BCUT2D eigenvalue weighted by Gasteiger charge is -2.17. The molecular formula is C21H21FN2O6. The number of benzene rings is 2. The average molecular weight is 416 g/mol. The van der Waals surface area contributed by atoms with Gasteiger partial charge in [-0.1, -0.05) is 12.1 Å². The van der Waals surface area contributed by atoms with Crippen molar-refractivity contribution in [3.8, 4) is 11.5 Å². The molecule has 3 rings (SSSR count). The summed E-state index contributed by atoms with van der Waals surface area (Å²) in [6.07, 6.45) is -0.107. The maximum Gasteiger partial charge on any atom is 0.311 e. The minimum Gasteiger partial charge on any atom is -0.493 e. The van der Waals surface area contributed by atoms with Crippen LogP contribution in [0, 0.1) is 11.7 Å². The Morgan fingerprint density at radius 2 is 1.87 bits per heavy atom. The molecule has 2 aromatic carbocycles. The molecule has 1 N–H and O–H groups in total. The maximum atomic E-state index is 13.9. The summed E-state index contributed by atoms with van der Waals surface area (Å²) in [6.45, 7) is -0.520. The fraction of sp³-hybridized carbons (Fsp3) is 0.286. The lowest BCUT2D eigenvalue weighted by atomic mass is 10.1. The van der Waals surface area contributed by atoms with E-state index < -0.39 is 30.2 Å². The van der Waals surface area contributed by atoms with Gasteiger partial charge in [0.25, 0.3) is 5.91 Å². The van der Waals surface area contributed by atoms with Gasteiger partial charge in [0.1, 0.15) is 5.82 Å². The quantitative estimate of drug-likeness (QED) is 0.697. The Hall–Kier alpha value is -3.62. The van der Waals surface area contributed by atoms with Crippen LogP contribution in [0.3, 0.4) is 0 Å². The Morgan fingerprint density at radius 3 is 2.57 bits per heavy atom. The standard InChI is InChI=1S/C21H21FN2O6/c1-28-17-8-7-14(10-18(17)29-2)23-19(25)12-30-21(27)13-9-20(26)24(11-13)16-6-4-3-5-15(16)22/h3-8,10,13H,9,11-12H2,1-2H3,(H,23,25)/t13-/m0/s1. The van der Waals surface area contributed by atoms with Gasteiger partial charge in [0.15, 0.2) is 18.1 Å². The van der Waals surface area contributed by atoms with E-state index in [2.05, 4.69) is 5.32 Å². The number of esters is 1. The minimum absolute atomic E-state index is 0.00407. The van der Waals surface area contributed by atoms with Crippen LogP contribution >= 0.6 is 0 Å². The number of ether oxygens (including phenoxy) is 3. The van der Waals surface area contributed by atoms with Crippen molar-refractivity contribution in [1.29, 1.82) is 0 Å². The first-order valence-electron chi connectivity index (χ1n) is 9.16. The van der Waals surface area contributed by atoms with Gasteiger partial charge in [0.2, 0.25) is 5.91 Å². The molecule has 1 saturated heterocycles. The van der Waals surface area contributed by atoms with Gasteiger partial charge in [-0.15, -0.1) is 0 Å². The summed E-state index contributed by atoms with van der Waals surface area (Å²) in [6, 6.07) is 10.6. The van der Waals surface area contributed by atoms with E-state index in [4.69, 9.17) is 14.2 Å². The molecule has 8 nitrogen and oxygen atoms in total. The molecule has 1 fully saturated rings. The zero-order valence-corrected chi connectivity index (χ0v) is 16.5. The Kier molecular flexibility index (Phi) is 6.51. The number of rotatable bonds is 7. The van der Waals surface area contributed by atoms with Gasteiger partial charge in [-0.3, -0.25) is 14.4 Å². The molecule has 0 aromatic heterocycles.